The van der Waals surface area contributed by atoms with Gasteiger partial charge in [-0.15, -0.1) is 0 Å². The monoisotopic (exact) mass is 270 g/mol. The van der Waals surface area contributed by atoms with Crippen LogP contribution in [0.4, 0.5) is 0 Å². The number of hydrogen-bond acceptors (Lipinski definition) is 1. The molecule has 2 aromatic rings. The molecule has 0 radical (unpaired) electrons. The van der Waals surface area contributed by atoms with E-state index in [1.807, 2.05) is 30.5 Å². The molecule has 0 bridgehead atoms. The highest BCUT2D eigenvalue weighted by atomic mass is 16.1. The average Bonchev–Trinajstić information content (AvgIpc) is 2.92. The van der Waals surface area contributed by atoms with Gasteiger partial charge in [0.1, 0.15) is 0 Å². The molecule has 1 aromatic carbocycles. The number of fused-ring (bicyclic) bond motifs is 1. The fourth-order valence-corrected chi connectivity index (χ4v) is 3.32. The molecule has 1 aliphatic rings. The Hall–Kier alpha value is -1.77. The van der Waals surface area contributed by atoms with Gasteiger partial charge >= 0.3 is 0 Å². The van der Waals surface area contributed by atoms with Gasteiger partial charge in [-0.2, -0.15) is 0 Å². The first-order valence-corrected chi connectivity index (χ1v) is 7.54. The number of carbonyl (C=O) groups is 1. The molecule has 2 N–H and O–H groups in total. The Morgan fingerprint density at radius 2 is 2.10 bits per heavy atom. The number of benzene rings is 1. The molecule has 1 amide bonds. The van der Waals surface area contributed by atoms with Crippen molar-refractivity contribution in [2.75, 3.05) is 0 Å². The van der Waals surface area contributed by atoms with Crippen LogP contribution in [0, 0.1) is 11.8 Å². The summed E-state index contributed by atoms with van der Waals surface area (Å²) >= 11 is 0. The number of hydrogen-bond donors (Lipinski definition) is 2. The molecule has 0 aliphatic heterocycles. The molecule has 3 rings (SSSR count). The Balaban J connectivity index is 1.81. The molecule has 0 spiro atoms. The maximum atomic E-state index is 12.6. The molecule has 1 aromatic heterocycles. The number of amides is 1. The summed E-state index contributed by atoms with van der Waals surface area (Å²) in [5, 5.41) is 4.25. The third-order valence-corrected chi connectivity index (χ3v) is 4.86. The lowest BCUT2D eigenvalue weighted by Gasteiger charge is -2.34. The predicted molar refractivity (Wildman–Crippen MR) is 81.7 cm³/mol. The second-order valence-corrected chi connectivity index (χ2v) is 6.09. The first-order valence-electron chi connectivity index (χ1n) is 7.54. The Labute approximate surface area is 119 Å². The number of nitrogens with one attached hydrogen (secondary N) is 2. The fraction of sp³-hybridized carbons (Fsp3) is 0.471. The Kier molecular flexibility index (Phi) is 3.51. The van der Waals surface area contributed by atoms with Crippen LogP contribution in [-0.4, -0.2) is 16.9 Å². The Morgan fingerprint density at radius 3 is 2.95 bits per heavy atom. The second-order valence-electron chi connectivity index (χ2n) is 6.09. The van der Waals surface area contributed by atoms with Gasteiger partial charge in [0.15, 0.2) is 0 Å². The molecule has 1 aliphatic carbocycles. The standard InChI is InChI=1S/C17H22N2O/c1-11-5-3-7-15(12(11)2)19-17(20)14-6-4-8-16-13(14)9-10-18-16/h4,6,8-12,15,18H,3,5,7H2,1-2H3,(H,19,20). The van der Waals surface area contributed by atoms with E-state index in [0.29, 0.717) is 17.9 Å². The highest BCUT2D eigenvalue weighted by molar-refractivity contribution is 6.06. The van der Waals surface area contributed by atoms with Crippen molar-refractivity contribution in [2.45, 2.75) is 39.2 Å². The van der Waals surface area contributed by atoms with Gasteiger partial charge < -0.3 is 10.3 Å². The van der Waals surface area contributed by atoms with Gasteiger partial charge in [-0.1, -0.05) is 32.8 Å². The number of rotatable bonds is 2. The van der Waals surface area contributed by atoms with Crippen molar-refractivity contribution in [3.05, 3.63) is 36.0 Å². The molecule has 3 atom stereocenters. The van der Waals surface area contributed by atoms with Crippen LogP contribution in [0.5, 0.6) is 0 Å². The molecule has 20 heavy (non-hydrogen) atoms. The lowest BCUT2D eigenvalue weighted by Crippen LogP contribution is -2.43. The summed E-state index contributed by atoms with van der Waals surface area (Å²) in [4.78, 5) is 15.7. The zero-order valence-electron chi connectivity index (χ0n) is 12.1. The minimum Gasteiger partial charge on any atom is -0.361 e. The van der Waals surface area contributed by atoms with Crippen molar-refractivity contribution < 1.29 is 4.79 Å². The summed E-state index contributed by atoms with van der Waals surface area (Å²) < 4.78 is 0. The lowest BCUT2D eigenvalue weighted by molar-refractivity contribution is 0.0893. The van der Waals surface area contributed by atoms with Gasteiger partial charge in [0.25, 0.3) is 5.91 Å². The van der Waals surface area contributed by atoms with E-state index in [-0.39, 0.29) is 5.91 Å². The first-order chi connectivity index (χ1) is 9.66. The van der Waals surface area contributed by atoms with Crippen LogP contribution in [-0.2, 0) is 0 Å². The summed E-state index contributed by atoms with van der Waals surface area (Å²) in [5.74, 6) is 1.30. The molecular weight excluding hydrogens is 248 g/mol. The van der Waals surface area contributed by atoms with E-state index in [0.717, 1.165) is 22.9 Å². The number of aromatic nitrogens is 1. The molecule has 1 heterocycles. The van der Waals surface area contributed by atoms with Crippen molar-refractivity contribution in [3.63, 3.8) is 0 Å². The Bertz CT molecular complexity index is 616. The van der Waals surface area contributed by atoms with Gasteiger partial charge in [-0.25, -0.2) is 0 Å². The number of aromatic amines is 1. The van der Waals surface area contributed by atoms with Gasteiger partial charge in [-0.05, 0) is 36.5 Å². The van der Waals surface area contributed by atoms with Crippen LogP contribution < -0.4 is 5.32 Å². The molecule has 1 saturated carbocycles. The van der Waals surface area contributed by atoms with Crippen LogP contribution in [0.3, 0.4) is 0 Å². The SMILES string of the molecule is CC1CCCC(NC(=O)c2cccc3[nH]ccc23)C1C. The summed E-state index contributed by atoms with van der Waals surface area (Å²) in [6.45, 7) is 4.54. The van der Waals surface area contributed by atoms with Crippen LogP contribution in [0.1, 0.15) is 43.5 Å². The quantitative estimate of drug-likeness (QED) is 0.858. The van der Waals surface area contributed by atoms with Gasteiger partial charge in [-0.3, -0.25) is 4.79 Å². The van der Waals surface area contributed by atoms with E-state index in [9.17, 15) is 4.79 Å². The zero-order valence-corrected chi connectivity index (χ0v) is 12.1. The molecule has 1 fully saturated rings. The third kappa shape index (κ3) is 2.33. The minimum atomic E-state index is 0.0566. The smallest absolute Gasteiger partial charge is 0.252 e. The van der Waals surface area contributed by atoms with Crippen molar-refractivity contribution in [2.24, 2.45) is 11.8 Å². The summed E-state index contributed by atoms with van der Waals surface area (Å²) in [6.07, 6.45) is 5.47. The summed E-state index contributed by atoms with van der Waals surface area (Å²) in [7, 11) is 0. The second kappa shape index (κ2) is 5.31. The molecule has 106 valence electrons. The van der Waals surface area contributed by atoms with Crippen molar-refractivity contribution in [1.82, 2.24) is 10.3 Å². The largest absolute Gasteiger partial charge is 0.361 e. The van der Waals surface area contributed by atoms with E-state index in [2.05, 4.69) is 24.1 Å². The lowest BCUT2D eigenvalue weighted by atomic mass is 9.78. The molecule has 0 saturated heterocycles. The highest BCUT2D eigenvalue weighted by Gasteiger charge is 2.28. The van der Waals surface area contributed by atoms with Gasteiger partial charge in [0, 0.05) is 28.7 Å². The normalized spacial score (nSPS) is 26.6. The maximum absolute atomic E-state index is 12.6. The van der Waals surface area contributed by atoms with Crippen molar-refractivity contribution in [3.8, 4) is 0 Å². The highest BCUT2D eigenvalue weighted by Crippen LogP contribution is 2.30. The first kappa shape index (κ1) is 13.2. The van der Waals surface area contributed by atoms with Gasteiger partial charge in [0.05, 0.1) is 0 Å². The van der Waals surface area contributed by atoms with E-state index < -0.39 is 0 Å². The van der Waals surface area contributed by atoms with Crippen molar-refractivity contribution >= 4 is 16.8 Å². The molecule has 3 unspecified atom stereocenters. The maximum Gasteiger partial charge on any atom is 0.252 e. The summed E-state index contributed by atoms with van der Waals surface area (Å²) in [6, 6.07) is 8.11. The topological polar surface area (TPSA) is 44.9 Å². The van der Waals surface area contributed by atoms with Gasteiger partial charge in [0.2, 0.25) is 0 Å². The molecular formula is C17H22N2O. The average molecular weight is 270 g/mol. The van der Waals surface area contributed by atoms with E-state index in [4.69, 9.17) is 0 Å². The van der Waals surface area contributed by atoms with E-state index >= 15 is 0 Å². The van der Waals surface area contributed by atoms with E-state index in [1.165, 1.54) is 12.8 Å². The van der Waals surface area contributed by atoms with Crippen LogP contribution in [0.25, 0.3) is 10.9 Å². The summed E-state index contributed by atoms with van der Waals surface area (Å²) in [5.41, 5.74) is 1.79. The zero-order chi connectivity index (χ0) is 14.1. The number of H-pyrrole nitrogens is 1. The van der Waals surface area contributed by atoms with Crippen LogP contribution >= 0.6 is 0 Å². The molecule has 3 nitrogen and oxygen atoms in total. The van der Waals surface area contributed by atoms with Crippen molar-refractivity contribution in [1.29, 1.82) is 0 Å². The Morgan fingerprint density at radius 1 is 1.25 bits per heavy atom. The van der Waals surface area contributed by atoms with Crippen LogP contribution in [0.2, 0.25) is 0 Å². The minimum absolute atomic E-state index is 0.0566. The fourth-order valence-electron chi connectivity index (χ4n) is 3.32. The van der Waals surface area contributed by atoms with E-state index in [1.54, 1.807) is 0 Å². The predicted octanol–water partition coefficient (Wildman–Crippen LogP) is 3.72. The third-order valence-electron chi connectivity index (χ3n) is 4.86. The number of carbonyl (C=O) groups excluding carboxylic acids is 1. The van der Waals surface area contributed by atoms with Crippen LogP contribution in [0.15, 0.2) is 30.5 Å². The molecule has 3 heteroatoms.